The maximum Gasteiger partial charge on any atom is 0.267 e. The van der Waals surface area contributed by atoms with Crippen molar-refractivity contribution < 1.29 is 9.47 Å². The molecule has 0 amide bonds. The van der Waals surface area contributed by atoms with Gasteiger partial charge in [0, 0.05) is 24.8 Å². The number of nitrogens with zero attached hydrogens (tertiary/aromatic N) is 2. The highest BCUT2D eigenvalue weighted by Gasteiger charge is 2.32. The number of hydrogen-bond acceptors (Lipinski definition) is 6. The average molecular weight is 408 g/mol. The molecule has 1 N–H and O–H groups in total. The van der Waals surface area contributed by atoms with Gasteiger partial charge in [0.25, 0.3) is 5.56 Å². The number of fused-ring (bicyclic) bond motifs is 1. The van der Waals surface area contributed by atoms with Gasteiger partial charge >= 0.3 is 0 Å². The van der Waals surface area contributed by atoms with E-state index in [-0.39, 0.29) is 17.6 Å². The van der Waals surface area contributed by atoms with Crippen LogP contribution in [0.2, 0.25) is 5.02 Å². The maximum atomic E-state index is 12.6. The molecule has 27 heavy (non-hydrogen) atoms. The molecule has 1 fully saturated rings. The molecule has 2 unspecified atom stereocenters. The lowest BCUT2D eigenvalue weighted by Crippen LogP contribution is -2.41. The van der Waals surface area contributed by atoms with Gasteiger partial charge in [-0.25, -0.2) is 4.68 Å². The molecular weight excluding hydrogens is 386 g/mol. The number of aromatic nitrogens is 2. The number of rotatable bonds is 5. The molecule has 2 atom stereocenters. The molecule has 0 radical (unpaired) electrons. The van der Waals surface area contributed by atoms with E-state index in [1.807, 2.05) is 30.0 Å². The van der Waals surface area contributed by atoms with E-state index in [0.29, 0.717) is 30.5 Å². The second-order valence-electron chi connectivity index (χ2n) is 6.73. The van der Waals surface area contributed by atoms with Crippen LogP contribution in [0.25, 0.3) is 0 Å². The standard InChI is InChI=1S/C19H22ClN3O3S/c1-25-17-4-2-3-12(19(17)20)8-21-15-9-26-10-16(15)23-18(24)7-13-11-27-6-5-14(13)22-23/h2-4,7,15-16,21H,5-6,8-11H2,1H3. The first-order chi connectivity index (χ1) is 13.2. The average Bonchev–Trinajstić information content (AvgIpc) is 3.15. The second kappa shape index (κ2) is 8.22. The molecule has 3 heterocycles. The number of aryl methyl sites for hydroxylation is 1. The number of thioether (sulfide) groups is 1. The van der Waals surface area contributed by atoms with Crippen LogP contribution in [0.3, 0.4) is 0 Å². The maximum absolute atomic E-state index is 12.6. The molecule has 2 aliphatic heterocycles. The smallest absolute Gasteiger partial charge is 0.267 e. The monoisotopic (exact) mass is 407 g/mol. The van der Waals surface area contributed by atoms with Crippen LogP contribution in [0.15, 0.2) is 29.1 Å². The lowest BCUT2D eigenvalue weighted by Gasteiger charge is -2.23. The van der Waals surface area contributed by atoms with E-state index in [9.17, 15) is 4.79 Å². The van der Waals surface area contributed by atoms with Crippen molar-refractivity contribution in [2.45, 2.75) is 30.8 Å². The Hall–Kier alpha value is -1.54. The van der Waals surface area contributed by atoms with E-state index in [2.05, 4.69) is 10.4 Å². The Morgan fingerprint density at radius 1 is 1.44 bits per heavy atom. The van der Waals surface area contributed by atoms with Crippen molar-refractivity contribution >= 4 is 23.4 Å². The lowest BCUT2D eigenvalue weighted by atomic mass is 10.1. The van der Waals surface area contributed by atoms with Gasteiger partial charge in [-0.05, 0) is 22.9 Å². The first kappa shape index (κ1) is 18.8. The van der Waals surface area contributed by atoms with Crippen molar-refractivity contribution in [3.05, 3.63) is 56.5 Å². The first-order valence-corrected chi connectivity index (χ1v) is 10.5. The second-order valence-corrected chi connectivity index (χ2v) is 8.21. The van der Waals surface area contributed by atoms with Gasteiger partial charge in [-0.2, -0.15) is 16.9 Å². The van der Waals surface area contributed by atoms with Crippen LogP contribution in [0.1, 0.15) is 22.9 Å². The van der Waals surface area contributed by atoms with Crippen LogP contribution >= 0.6 is 23.4 Å². The summed E-state index contributed by atoms with van der Waals surface area (Å²) in [6.07, 6.45) is 0.908. The van der Waals surface area contributed by atoms with E-state index >= 15 is 0 Å². The predicted molar refractivity (Wildman–Crippen MR) is 107 cm³/mol. The van der Waals surface area contributed by atoms with Gasteiger partial charge in [-0.15, -0.1) is 0 Å². The van der Waals surface area contributed by atoms with Gasteiger partial charge in [0.2, 0.25) is 0 Å². The van der Waals surface area contributed by atoms with Gasteiger partial charge in [0.15, 0.2) is 0 Å². The van der Waals surface area contributed by atoms with Crippen molar-refractivity contribution in [3.8, 4) is 5.75 Å². The van der Waals surface area contributed by atoms with Crippen molar-refractivity contribution in [1.82, 2.24) is 15.1 Å². The Labute approximate surface area is 167 Å². The Balaban J connectivity index is 1.52. The third-order valence-corrected chi connectivity index (χ3v) is 6.48. The van der Waals surface area contributed by atoms with Gasteiger partial charge in [-0.1, -0.05) is 23.7 Å². The van der Waals surface area contributed by atoms with E-state index in [1.165, 1.54) is 0 Å². The van der Waals surface area contributed by atoms with E-state index < -0.39 is 0 Å². The fraction of sp³-hybridized carbons (Fsp3) is 0.474. The number of ether oxygens (including phenoxy) is 2. The van der Waals surface area contributed by atoms with Gasteiger partial charge in [0.1, 0.15) is 5.75 Å². The van der Waals surface area contributed by atoms with Crippen molar-refractivity contribution in [3.63, 3.8) is 0 Å². The zero-order valence-electron chi connectivity index (χ0n) is 15.1. The molecule has 1 saturated heterocycles. The topological polar surface area (TPSA) is 65.4 Å². The molecule has 8 heteroatoms. The highest BCUT2D eigenvalue weighted by molar-refractivity contribution is 7.98. The fourth-order valence-electron chi connectivity index (χ4n) is 3.54. The lowest BCUT2D eigenvalue weighted by molar-refractivity contribution is 0.180. The zero-order chi connectivity index (χ0) is 18.8. The molecule has 2 aromatic rings. The number of benzene rings is 1. The van der Waals surface area contributed by atoms with E-state index in [1.54, 1.807) is 17.9 Å². The summed E-state index contributed by atoms with van der Waals surface area (Å²) >= 11 is 8.23. The van der Waals surface area contributed by atoms with Crippen molar-refractivity contribution in [2.24, 2.45) is 0 Å². The summed E-state index contributed by atoms with van der Waals surface area (Å²) in [6, 6.07) is 7.32. The zero-order valence-corrected chi connectivity index (χ0v) is 16.7. The summed E-state index contributed by atoms with van der Waals surface area (Å²) in [4.78, 5) is 12.6. The van der Waals surface area contributed by atoms with Crippen molar-refractivity contribution in [1.29, 1.82) is 0 Å². The highest BCUT2D eigenvalue weighted by atomic mass is 35.5. The summed E-state index contributed by atoms with van der Waals surface area (Å²) in [5.74, 6) is 2.57. The van der Waals surface area contributed by atoms with Crippen LogP contribution in [0, 0.1) is 0 Å². The SMILES string of the molecule is COc1cccc(CNC2COCC2n2nc3c(cc2=O)CSCC3)c1Cl. The van der Waals surface area contributed by atoms with Gasteiger partial charge in [0.05, 0.1) is 43.1 Å². The quantitative estimate of drug-likeness (QED) is 0.821. The van der Waals surface area contributed by atoms with Crippen LogP contribution < -0.4 is 15.6 Å². The molecule has 0 bridgehead atoms. The summed E-state index contributed by atoms with van der Waals surface area (Å²) in [7, 11) is 1.60. The largest absolute Gasteiger partial charge is 0.495 e. The van der Waals surface area contributed by atoms with E-state index in [0.717, 1.165) is 34.7 Å². The highest BCUT2D eigenvalue weighted by Crippen LogP contribution is 2.28. The molecule has 0 aliphatic carbocycles. The minimum absolute atomic E-state index is 0.00603. The Kier molecular flexibility index (Phi) is 5.73. The summed E-state index contributed by atoms with van der Waals surface area (Å²) in [5.41, 5.74) is 3.00. The number of hydrogen-bond donors (Lipinski definition) is 1. The minimum atomic E-state index is -0.123. The molecule has 0 spiro atoms. The molecule has 1 aromatic heterocycles. The normalized spacial score (nSPS) is 21.9. The summed E-state index contributed by atoms with van der Waals surface area (Å²) in [6.45, 7) is 1.58. The van der Waals surface area contributed by atoms with Crippen LogP contribution in [-0.4, -0.2) is 41.9 Å². The van der Waals surface area contributed by atoms with Gasteiger partial charge < -0.3 is 14.8 Å². The number of halogens is 1. The Bertz CT molecular complexity index is 889. The summed E-state index contributed by atoms with van der Waals surface area (Å²) < 4.78 is 12.5. The fourth-order valence-corrected chi connectivity index (χ4v) is 4.76. The molecule has 6 nitrogen and oxygen atoms in total. The van der Waals surface area contributed by atoms with Crippen LogP contribution in [0.5, 0.6) is 5.75 Å². The summed E-state index contributed by atoms with van der Waals surface area (Å²) in [5, 5.41) is 8.75. The van der Waals surface area contributed by atoms with Crippen LogP contribution in [-0.2, 0) is 23.5 Å². The van der Waals surface area contributed by atoms with Crippen LogP contribution in [0.4, 0.5) is 0 Å². The molecular formula is C19H22ClN3O3S. The molecule has 0 saturated carbocycles. The number of nitrogens with one attached hydrogen (secondary N) is 1. The molecule has 2 aliphatic rings. The minimum Gasteiger partial charge on any atom is -0.495 e. The Morgan fingerprint density at radius 2 is 2.33 bits per heavy atom. The first-order valence-electron chi connectivity index (χ1n) is 8.99. The van der Waals surface area contributed by atoms with Gasteiger partial charge in [-0.3, -0.25) is 4.79 Å². The molecule has 144 valence electrons. The van der Waals surface area contributed by atoms with E-state index in [4.69, 9.17) is 21.1 Å². The Morgan fingerprint density at radius 3 is 3.19 bits per heavy atom. The number of methoxy groups -OCH3 is 1. The molecule has 1 aromatic carbocycles. The third kappa shape index (κ3) is 3.87. The van der Waals surface area contributed by atoms with Crippen molar-refractivity contribution in [2.75, 3.05) is 26.1 Å². The molecule has 4 rings (SSSR count). The third-order valence-electron chi connectivity index (χ3n) is 5.05. The predicted octanol–water partition coefficient (Wildman–Crippen LogP) is 2.42.